The van der Waals surface area contributed by atoms with Crippen molar-refractivity contribution >= 4 is 14.9 Å². The number of ether oxygens (including phenoxy) is 1. The summed E-state index contributed by atoms with van der Waals surface area (Å²) in [7, 11) is 1.49. The van der Waals surface area contributed by atoms with Crippen LogP contribution in [0.25, 0.3) is 0 Å². The first-order chi connectivity index (χ1) is 8.45. The van der Waals surface area contributed by atoms with Crippen LogP contribution in [0.15, 0.2) is 0 Å². The summed E-state index contributed by atoms with van der Waals surface area (Å²) in [6, 6.07) is 0. The van der Waals surface area contributed by atoms with Gasteiger partial charge in [0.2, 0.25) is 0 Å². The molecule has 0 aliphatic heterocycles. The fourth-order valence-corrected chi connectivity index (χ4v) is 3.65. The number of amides is 1. The third-order valence-electron chi connectivity index (χ3n) is 2.44. The second-order valence-corrected chi connectivity index (χ2v) is 6.90. The van der Waals surface area contributed by atoms with Gasteiger partial charge in [-0.2, -0.15) is 0 Å². The first-order valence-electron chi connectivity index (χ1n) is 5.72. The van der Waals surface area contributed by atoms with Crippen molar-refractivity contribution in [2.24, 2.45) is 0 Å². The summed E-state index contributed by atoms with van der Waals surface area (Å²) in [6.07, 6.45) is -0.762. The van der Waals surface area contributed by atoms with E-state index in [-0.39, 0.29) is 6.61 Å². The molecule has 0 aromatic carbocycles. The summed E-state index contributed by atoms with van der Waals surface area (Å²) in [5.41, 5.74) is -0.404. The Hall–Kier alpha value is -0.673. The van der Waals surface area contributed by atoms with Gasteiger partial charge in [0.25, 0.3) is 0 Å². The third kappa shape index (κ3) is 4.90. The lowest BCUT2D eigenvalue weighted by Gasteiger charge is -2.31. The Kier molecular flexibility index (Phi) is 8.12. The number of alkyl carbamates (subject to hydrolysis) is 1. The number of hydrogen-bond acceptors (Lipinski definition) is 6. The third-order valence-corrected chi connectivity index (χ3v) is 5.55. The molecular formula is C10H23NO6Si. The summed E-state index contributed by atoms with van der Waals surface area (Å²) in [4.78, 5) is 11.5. The topological polar surface area (TPSA) is 86.3 Å². The minimum Gasteiger partial charge on any atom is -0.447 e. The van der Waals surface area contributed by atoms with E-state index in [1.165, 1.54) is 28.3 Å². The van der Waals surface area contributed by atoms with Crippen LogP contribution in [0.2, 0.25) is 0 Å². The highest BCUT2D eigenvalue weighted by molar-refractivity contribution is 6.62. The highest BCUT2D eigenvalue weighted by Crippen LogP contribution is 2.14. The van der Waals surface area contributed by atoms with Crippen LogP contribution in [0, 0.1) is 0 Å². The Labute approximate surface area is 109 Å². The van der Waals surface area contributed by atoms with Gasteiger partial charge in [-0.1, -0.05) is 6.92 Å². The van der Waals surface area contributed by atoms with Crippen molar-refractivity contribution in [1.82, 2.24) is 5.32 Å². The van der Waals surface area contributed by atoms with Gasteiger partial charge in [-0.25, -0.2) is 4.79 Å². The largest absolute Gasteiger partial charge is 0.523 e. The molecule has 0 bridgehead atoms. The van der Waals surface area contributed by atoms with E-state index in [9.17, 15) is 4.79 Å². The second-order valence-electron chi connectivity index (χ2n) is 3.77. The molecule has 2 atom stereocenters. The molecule has 2 unspecified atom stereocenters. The Morgan fingerprint density at radius 1 is 1.28 bits per heavy atom. The standard InChI is InChI=1S/C10H23NO6Si/c1-6-9(18(14-3,15-4)16-5)11-10(13)17-7-8(2)12/h8-9,12H,6-7H2,1-5H3,(H,11,13). The monoisotopic (exact) mass is 281 g/mol. The average molecular weight is 281 g/mol. The minimum absolute atomic E-state index is 0.0657. The van der Waals surface area contributed by atoms with E-state index < -0.39 is 26.7 Å². The molecule has 7 nitrogen and oxygen atoms in total. The molecule has 0 aromatic heterocycles. The van der Waals surface area contributed by atoms with Crippen LogP contribution in [-0.4, -0.2) is 59.7 Å². The van der Waals surface area contributed by atoms with Gasteiger partial charge in [-0.15, -0.1) is 0 Å². The smallest absolute Gasteiger partial charge is 0.447 e. The molecule has 0 spiro atoms. The van der Waals surface area contributed by atoms with Crippen molar-refractivity contribution in [3.8, 4) is 0 Å². The van der Waals surface area contributed by atoms with Crippen LogP contribution >= 0.6 is 0 Å². The molecule has 8 heteroatoms. The van der Waals surface area contributed by atoms with E-state index in [1.54, 1.807) is 0 Å². The van der Waals surface area contributed by atoms with Crippen molar-refractivity contribution < 1.29 is 27.9 Å². The van der Waals surface area contributed by atoms with E-state index in [4.69, 9.17) is 23.1 Å². The molecule has 18 heavy (non-hydrogen) atoms. The Morgan fingerprint density at radius 3 is 2.11 bits per heavy atom. The molecule has 0 fully saturated rings. The molecule has 0 radical (unpaired) electrons. The summed E-state index contributed by atoms with van der Waals surface area (Å²) in [6.45, 7) is 3.34. The van der Waals surface area contributed by atoms with E-state index in [2.05, 4.69) is 5.32 Å². The predicted octanol–water partition coefficient (Wildman–Crippen LogP) is 0.289. The van der Waals surface area contributed by atoms with E-state index in [0.717, 1.165) is 0 Å². The van der Waals surface area contributed by atoms with Crippen LogP contribution < -0.4 is 5.32 Å². The lowest BCUT2D eigenvalue weighted by molar-refractivity contribution is 0.0708. The van der Waals surface area contributed by atoms with Gasteiger partial charge in [-0.05, 0) is 13.3 Å². The first-order valence-corrected chi connectivity index (χ1v) is 7.52. The molecule has 0 heterocycles. The van der Waals surface area contributed by atoms with Gasteiger partial charge in [0.15, 0.2) is 0 Å². The quantitative estimate of drug-likeness (QED) is 0.622. The normalized spacial score (nSPS) is 15.0. The predicted molar refractivity (Wildman–Crippen MR) is 67.0 cm³/mol. The van der Waals surface area contributed by atoms with Gasteiger partial charge in [-0.3, -0.25) is 0 Å². The molecule has 0 aliphatic carbocycles. The van der Waals surface area contributed by atoms with Crippen LogP contribution in [0.5, 0.6) is 0 Å². The van der Waals surface area contributed by atoms with Crippen molar-refractivity contribution in [3.05, 3.63) is 0 Å². The number of nitrogens with one attached hydrogen (secondary N) is 1. The number of carbonyl (C=O) groups is 1. The van der Waals surface area contributed by atoms with Crippen LogP contribution in [-0.2, 0) is 18.0 Å². The molecule has 0 aromatic rings. The SMILES string of the molecule is CCC(NC(=O)OCC(C)O)[Si](OC)(OC)OC. The summed E-state index contributed by atoms with van der Waals surface area (Å²) < 4.78 is 20.7. The molecule has 2 N–H and O–H groups in total. The number of carbonyl (C=O) groups excluding carboxylic acids is 1. The molecular weight excluding hydrogens is 258 g/mol. The zero-order valence-electron chi connectivity index (χ0n) is 11.6. The second kappa shape index (κ2) is 8.43. The number of aliphatic hydroxyl groups excluding tert-OH is 1. The average Bonchev–Trinajstić information content (AvgIpc) is 2.37. The summed E-state index contributed by atoms with van der Waals surface area (Å²) >= 11 is 0. The van der Waals surface area contributed by atoms with Gasteiger partial charge < -0.3 is 28.4 Å². The van der Waals surface area contributed by atoms with Crippen LogP contribution in [0.1, 0.15) is 20.3 Å². The Bertz CT molecular complexity index is 238. The van der Waals surface area contributed by atoms with Gasteiger partial charge in [0, 0.05) is 21.3 Å². The zero-order valence-corrected chi connectivity index (χ0v) is 12.6. The molecule has 0 saturated carbocycles. The van der Waals surface area contributed by atoms with E-state index in [0.29, 0.717) is 6.42 Å². The Balaban J connectivity index is 4.53. The zero-order chi connectivity index (χ0) is 14.2. The minimum atomic E-state index is -2.94. The summed E-state index contributed by atoms with van der Waals surface area (Å²) in [5.74, 6) is 0. The molecule has 108 valence electrons. The maximum Gasteiger partial charge on any atom is 0.523 e. The van der Waals surface area contributed by atoms with Crippen molar-refractivity contribution in [3.63, 3.8) is 0 Å². The molecule has 1 amide bonds. The number of rotatable bonds is 8. The van der Waals surface area contributed by atoms with E-state index in [1.807, 2.05) is 6.92 Å². The van der Waals surface area contributed by atoms with Crippen LogP contribution in [0.4, 0.5) is 4.79 Å². The highest BCUT2D eigenvalue weighted by Gasteiger charge is 2.47. The van der Waals surface area contributed by atoms with Crippen LogP contribution in [0.3, 0.4) is 0 Å². The number of aliphatic hydroxyl groups is 1. The number of hydrogen-bond donors (Lipinski definition) is 2. The first kappa shape index (κ1) is 17.3. The summed E-state index contributed by atoms with van der Waals surface area (Å²) in [5, 5.41) is 11.7. The highest BCUT2D eigenvalue weighted by atomic mass is 28.4. The lowest BCUT2D eigenvalue weighted by Crippen LogP contribution is -2.61. The van der Waals surface area contributed by atoms with Crippen molar-refractivity contribution in [1.29, 1.82) is 0 Å². The molecule has 0 aliphatic rings. The fraction of sp³-hybridized carbons (Fsp3) is 0.900. The van der Waals surface area contributed by atoms with E-state index >= 15 is 0 Å². The molecule has 0 saturated heterocycles. The van der Waals surface area contributed by atoms with Crippen molar-refractivity contribution in [2.45, 2.75) is 32.0 Å². The maximum atomic E-state index is 11.5. The maximum absolute atomic E-state index is 11.5. The lowest BCUT2D eigenvalue weighted by atomic mass is 10.4. The molecule has 0 rings (SSSR count). The van der Waals surface area contributed by atoms with Gasteiger partial charge in [0.1, 0.15) is 12.3 Å². The Morgan fingerprint density at radius 2 is 1.78 bits per heavy atom. The van der Waals surface area contributed by atoms with Gasteiger partial charge in [0.05, 0.1) is 6.10 Å². The van der Waals surface area contributed by atoms with Gasteiger partial charge >= 0.3 is 14.9 Å². The van der Waals surface area contributed by atoms with Crippen molar-refractivity contribution in [2.75, 3.05) is 27.9 Å². The fourth-order valence-electron chi connectivity index (χ4n) is 1.50.